The summed E-state index contributed by atoms with van der Waals surface area (Å²) >= 11 is 0. The molecule has 0 radical (unpaired) electrons. The molecule has 0 amide bonds. The van der Waals surface area contributed by atoms with Gasteiger partial charge in [-0.3, -0.25) is 0 Å². The number of allylic oxidation sites excluding steroid dienone is 1. The van der Waals surface area contributed by atoms with Crippen LogP contribution in [-0.2, 0) is 0 Å². The first-order chi connectivity index (χ1) is 7.29. The average molecular weight is 207 g/mol. The summed E-state index contributed by atoms with van der Waals surface area (Å²) in [6.07, 6.45) is 10.3. The van der Waals surface area contributed by atoms with Crippen molar-refractivity contribution in [1.29, 1.82) is 5.41 Å². The number of nitrogens with zero attached hydrogens (tertiary/aromatic N) is 1. The maximum atomic E-state index is 7.41. The number of nitrogens with one attached hydrogen (secondary N) is 2. The summed E-state index contributed by atoms with van der Waals surface area (Å²) in [5, 5.41) is 11.4. The van der Waals surface area contributed by atoms with Crippen molar-refractivity contribution in [2.45, 2.75) is 45.6 Å². The minimum Gasteiger partial charge on any atom is -0.308 e. The smallest absolute Gasteiger partial charge is 0.0776 e. The van der Waals surface area contributed by atoms with Crippen molar-refractivity contribution in [3.8, 4) is 0 Å². The number of rotatable bonds is 6. The molecule has 1 aliphatic heterocycles. The molecule has 3 nitrogen and oxygen atoms in total. The zero-order chi connectivity index (χ0) is 11.1. The van der Waals surface area contributed by atoms with Crippen LogP contribution in [0, 0.1) is 11.3 Å². The van der Waals surface area contributed by atoms with Gasteiger partial charge in [-0.05, 0) is 18.4 Å². The molecule has 0 aliphatic carbocycles. The average Bonchev–Trinajstić information content (AvgIpc) is 2.65. The van der Waals surface area contributed by atoms with Crippen LogP contribution in [0.5, 0.6) is 0 Å². The summed E-state index contributed by atoms with van der Waals surface area (Å²) in [5.41, 5.74) is 4.11. The van der Waals surface area contributed by atoms with E-state index in [1.54, 1.807) is 0 Å². The van der Waals surface area contributed by atoms with Crippen LogP contribution in [0.25, 0.3) is 0 Å². The summed E-state index contributed by atoms with van der Waals surface area (Å²) in [6, 6.07) is 0.212. The molecule has 1 aliphatic rings. The van der Waals surface area contributed by atoms with E-state index in [2.05, 4.69) is 30.5 Å². The van der Waals surface area contributed by atoms with Gasteiger partial charge >= 0.3 is 0 Å². The Hall–Kier alpha value is -1.12. The fourth-order valence-corrected chi connectivity index (χ4v) is 1.76. The van der Waals surface area contributed by atoms with Gasteiger partial charge in [-0.25, -0.2) is 0 Å². The molecule has 84 valence electrons. The molecule has 0 aromatic heterocycles. The Morgan fingerprint density at radius 3 is 2.87 bits per heavy atom. The zero-order valence-electron chi connectivity index (χ0n) is 9.66. The lowest BCUT2D eigenvalue weighted by Crippen LogP contribution is -2.28. The van der Waals surface area contributed by atoms with Crippen LogP contribution in [0.4, 0.5) is 0 Å². The highest BCUT2D eigenvalue weighted by Crippen LogP contribution is 2.15. The minimum atomic E-state index is 0.212. The molecule has 0 saturated carbocycles. The molecule has 2 atom stereocenters. The highest BCUT2D eigenvalue weighted by molar-refractivity contribution is 5.80. The van der Waals surface area contributed by atoms with E-state index in [1.165, 1.54) is 25.5 Å². The number of hydrazone groups is 1. The maximum absolute atomic E-state index is 7.41. The summed E-state index contributed by atoms with van der Waals surface area (Å²) in [4.78, 5) is 0. The standard InChI is InChI=1S/C12H21N3/c1-3-4-5-6-7-11(8-13)12-10(2)9-14-15-12/h7-10,12-13,15H,3-6H2,1-2H3/b11-7-,13-8?. The van der Waals surface area contributed by atoms with Crippen molar-refractivity contribution in [2.75, 3.05) is 0 Å². The Morgan fingerprint density at radius 1 is 1.53 bits per heavy atom. The van der Waals surface area contributed by atoms with Gasteiger partial charge < -0.3 is 10.8 Å². The molecule has 0 aromatic carbocycles. The molecule has 2 unspecified atom stereocenters. The minimum absolute atomic E-state index is 0.212. The fraction of sp³-hybridized carbons (Fsp3) is 0.667. The molecule has 1 heterocycles. The Labute approximate surface area is 92.2 Å². The van der Waals surface area contributed by atoms with Gasteiger partial charge in [0.05, 0.1) is 6.04 Å². The lowest BCUT2D eigenvalue weighted by Gasteiger charge is -2.15. The Morgan fingerprint density at radius 2 is 2.33 bits per heavy atom. The van der Waals surface area contributed by atoms with Crippen LogP contribution in [-0.4, -0.2) is 18.5 Å². The second-order valence-corrected chi connectivity index (χ2v) is 4.09. The molecule has 3 heteroatoms. The Kier molecular flexibility index (Phi) is 5.08. The van der Waals surface area contributed by atoms with E-state index < -0.39 is 0 Å². The molecule has 15 heavy (non-hydrogen) atoms. The van der Waals surface area contributed by atoms with Gasteiger partial charge in [0.1, 0.15) is 0 Å². The van der Waals surface area contributed by atoms with Gasteiger partial charge in [-0.2, -0.15) is 5.10 Å². The molecule has 0 aromatic rings. The van der Waals surface area contributed by atoms with E-state index in [4.69, 9.17) is 5.41 Å². The Balaban J connectivity index is 2.44. The van der Waals surface area contributed by atoms with Crippen molar-refractivity contribution in [2.24, 2.45) is 11.0 Å². The third-order valence-corrected chi connectivity index (χ3v) is 2.76. The third kappa shape index (κ3) is 3.50. The first kappa shape index (κ1) is 12.0. The van der Waals surface area contributed by atoms with Crippen LogP contribution in [0.3, 0.4) is 0 Å². The zero-order valence-corrected chi connectivity index (χ0v) is 9.66. The molecular weight excluding hydrogens is 186 g/mol. The predicted octanol–water partition coefficient (Wildman–Crippen LogP) is 2.74. The predicted molar refractivity (Wildman–Crippen MR) is 65.6 cm³/mol. The fourth-order valence-electron chi connectivity index (χ4n) is 1.76. The van der Waals surface area contributed by atoms with Crippen LogP contribution in [0.15, 0.2) is 16.8 Å². The van der Waals surface area contributed by atoms with Gasteiger partial charge in [0.15, 0.2) is 0 Å². The highest BCUT2D eigenvalue weighted by atomic mass is 15.3. The van der Waals surface area contributed by atoms with Crippen molar-refractivity contribution in [1.82, 2.24) is 5.43 Å². The lowest BCUT2D eigenvalue weighted by atomic mass is 9.96. The second-order valence-electron chi connectivity index (χ2n) is 4.09. The normalized spacial score (nSPS) is 25.3. The highest BCUT2D eigenvalue weighted by Gasteiger charge is 2.21. The quantitative estimate of drug-likeness (QED) is 0.510. The van der Waals surface area contributed by atoms with Gasteiger partial charge in [0.2, 0.25) is 0 Å². The summed E-state index contributed by atoms with van der Waals surface area (Å²) in [6.45, 7) is 4.33. The van der Waals surface area contributed by atoms with E-state index in [-0.39, 0.29) is 6.04 Å². The van der Waals surface area contributed by atoms with Gasteiger partial charge in [0.25, 0.3) is 0 Å². The number of unbranched alkanes of at least 4 members (excludes halogenated alkanes) is 3. The van der Waals surface area contributed by atoms with Crippen molar-refractivity contribution in [3.05, 3.63) is 11.6 Å². The summed E-state index contributed by atoms with van der Waals surface area (Å²) in [5.74, 6) is 0.393. The van der Waals surface area contributed by atoms with Crippen molar-refractivity contribution in [3.63, 3.8) is 0 Å². The molecule has 0 spiro atoms. The van der Waals surface area contributed by atoms with Crippen LogP contribution < -0.4 is 5.43 Å². The van der Waals surface area contributed by atoms with E-state index >= 15 is 0 Å². The van der Waals surface area contributed by atoms with Crippen molar-refractivity contribution < 1.29 is 0 Å². The van der Waals surface area contributed by atoms with Crippen molar-refractivity contribution >= 4 is 12.4 Å². The molecule has 0 saturated heterocycles. The molecule has 0 fully saturated rings. The SMILES string of the molecule is CCCCC/C=C(/C=N)C1NN=CC1C. The topological polar surface area (TPSA) is 48.2 Å². The molecule has 0 bridgehead atoms. The van der Waals surface area contributed by atoms with Crippen LogP contribution in [0.1, 0.15) is 39.5 Å². The first-order valence-electron chi connectivity index (χ1n) is 5.78. The first-order valence-corrected chi connectivity index (χ1v) is 5.78. The van der Waals surface area contributed by atoms with E-state index in [0.29, 0.717) is 5.92 Å². The van der Waals surface area contributed by atoms with Gasteiger partial charge in [-0.15, -0.1) is 0 Å². The van der Waals surface area contributed by atoms with Crippen LogP contribution in [0.2, 0.25) is 0 Å². The third-order valence-electron chi connectivity index (χ3n) is 2.76. The van der Waals surface area contributed by atoms with Crippen LogP contribution >= 0.6 is 0 Å². The molecule has 2 N–H and O–H groups in total. The molecule has 1 rings (SSSR count). The molecular formula is C12H21N3. The van der Waals surface area contributed by atoms with Gasteiger partial charge in [0, 0.05) is 18.3 Å². The van der Waals surface area contributed by atoms with Gasteiger partial charge in [-0.1, -0.05) is 32.8 Å². The second kappa shape index (κ2) is 6.38. The Bertz CT molecular complexity index is 256. The monoisotopic (exact) mass is 207 g/mol. The largest absolute Gasteiger partial charge is 0.308 e. The van der Waals surface area contributed by atoms with E-state index in [0.717, 1.165) is 12.0 Å². The number of hydrogen-bond acceptors (Lipinski definition) is 3. The summed E-state index contributed by atoms with van der Waals surface area (Å²) in [7, 11) is 0. The maximum Gasteiger partial charge on any atom is 0.0776 e. The lowest BCUT2D eigenvalue weighted by molar-refractivity contribution is 0.579. The van der Waals surface area contributed by atoms with E-state index in [1.807, 2.05) is 6.21 Å². The number of hydrogen-bond donors (Lipinski definition) is 2. The summed E-state index contributed by atoms with van der Waals surface area (Å²) < 4.78 is 0. The van der Waals surface area contributed by atoms with E-state index in [9.17, 15) is 0 Å².